The molecule has 0 aromatic carbocycles. The van der Waals surface area contributed by atoms with Gasteiger partial charge in [0.1, 0.15) is 5.82 Å². The van der Waals surface area contributed by atoms with E-state index in [0.717, 1.165) is 0 Å². The fourth-order valence-corrected chi connectivity index (χ4v) is 0.777. The van der Waals surface area contributed by atoms with Crippen molar-refractivity contribution in [2.45, 2.75) is 19.8 Å². The summed E-state index contributed by atoms with van der Waals surface area (Å²) < 4.78 is 23.6. The van der Waals surface area contributed by atoms with Crippen molar-refractivity contribution in [1.29, 1.82) is 0 Å². The van der Waals surface area contributed by atoms with Crippen LogP contribution in [0.4, 0.5) is 8.78 Å². The summed E-state index contributed by atoms with van der Waals surface area (Å²) in [6.07, 6.45) is -1.13. The fraction of sp³-hybridized carbons (Fsp3) is 0.429. The van der Waals surface area contributed by atoms with Gasteiger partial charge in [0.05, 0.1) is 6.42 Å². The Bertz CT molecular complexity index is 238. The highest BCUT2D eigenvalue weighted by Gasteiger charge is 2.04. The Morgan fingerprint density at radius 2 is 2.27 bits per heavy atom. The molecule has 2 nitrogen and oxygen atoms in total. The van der Waals surface area contributed by atoms with E-state index in [9.17, 15) is 8.78 Å². The molecule has 0 radical (unpaired) electrons. The molecule has 0 spiro atoms. The highest BCUT2D eigenvalue weighted by molar-refractivity contribution is 5.01. The maximum Gasteiger partial charge on any atom is 0.244 e. The molecule has 1 heterocycles. The van der Waals surface area contributed by atoms with E-state index in [4.69, 9.17) is 0 Å². The molecule has 0 aliphatic carbocycles. The molecule has 0 saturated carbocycles. The van der Waals surface area contributed by atoms with E-state index < -0.39 is 6.43 Å². The van der Waals surface area contributed by atoms with Crippen LogP contribution in [0.1, 0.15) is 11.5 Å². The second kappa shape index (κ2) is 3.37. The topological polar surface area (TPSA) is 25.8 Å². The van der Waals surface area contributed by atoms with Gasteiger partial charge in [0.15, 0.2) is 0 Å². The smallest absolute Gasteiger partial charge is 0.242 e. The second-order valence-corrected chi connectivity index (χ2v) is 2.19. The summed E-state index contributed by atoms with van der Waals surface area (Å²) in [5, 5.41) is 0. The van der Waals surface area contributed by atoms with Gasteiger partial charge in [-0.05, 0) is 13.0 Å². The van der Waals surface area contributed by atoms with Gasteiger partial charge < -0.3 is 0 Å². The highest BCUT2D eigenvalue weighted by Crippen LogP contribution is 2.03. The van der Waals surface area contributed by atoms with Crippen molar-refractivity contribution in [3.63, 3.8) is 0 Å². The Balaban J connectivity index is 2.71. The molecule has 1 aromatic heterocycles. The fourth-order valence-electron chi connectivity index (χ4n) is 0.777. The van der Waals surface area contributed by atoms with E-state index in [1.165, 1.54) is 12.3 Å². The molecule has 0 aliphatic rings. The third-order valence-corrected chi connectivity index (χ3v) is 1.20. The van der Waals surface area contributed by atoms with E-state index >= 15 is 0 Å². The summed E-state index contributed by atoms with van der Waals surface area (Å²) in [4.78, 5) is 7.61. The quantitative estimate of drug-likeness (QED) is 0.653. The molecule has 4 heteroatoms. The standard InChI is InChI=1S/C7H8F2N2/c1-5-10-3-2-6(11-5)4-7(8)9/h2-3,7H,4H2,1H3. The number of aryl methyl sites for hydroxylation is 1. The predicted molar refractivity (Wildman–Crippen MR) is 36.5 cm³/mol. The van der Waals surface area contributed by atoms with Gasteiger partial charge in [-0.2, -0.15) is 0 Å². The molecule has 0 unspecified atom stereocenters. The summed E-state index contributed by atoms with van der Waals surface area (Å²) in [5.41, 5.74) is 0.396. The van der Waals surface area contributed by atoms with Gasteiger partial charge >= 0.3 is 0 Å². The zero-order valence-corrected chi connectivity index (χ0v) is 6.09. The third kappa shape index (κ3) is 2.57. The number of hydrogen-bond acceptors (Lipinski definition) is 2. The second-order valence-electron chi connectivity index (χ2n) is 2.19. The molecule has 60 valence electrons. The van der Waals surface area contributed by atoms with E-state index in [1.54, 1.807) is 6.92 Å². The van der Waals surface area contributed by atoms with Gasteiger partial charge in [0, 0.05) is 11.9 Å². The number of nitrogens with zero attached hydrogens (tertiary/aromatic N) is 2. The normalized spacial score (nSPS) is 10.5. The van der Waals surface area contributed by atoms with Crippen LogP contribution in [0.15, 0.2) is 12.3 Å². The van der Waals surface area contributed by atoms with E-state index in [2.05, 4.69) is 9.97 Å². The number of hydrogen-bond donors (Lipinski definition) is 0. The summed E-state index contributed by atoms with van der Waals surface area (Å²) in [7, 11) is 0. The van der Waals surface area contributed by atoms with Crippen LogP contribution in [0.2, 0.25) is 0 Å². The van der Waals surface area contributed by atoms with Crippen molar-refractivity contribution in [2.75, 3.05) is 0 Å². The summed E-state index contributed by atoms with van der Waals surface area (Å²) in [5.74, 6) is 0.531. The molecule has 0 bridgehead atoms. The zero-order chi connectivity index (χ0) is 8.27. The van der Waals surface area contributed by atoms with Crippen LogP contribution in [-0.4, -0.2) is 16.4 Å². The summed E-state index contributed by atoms with van der Waals surface area (Å²) in [6, 6.07) is 1.50. The van der Waals surface area contributed by atoms with Crippen LogP contribution in [0.25, 0.3) is 0 Å². The molecule has 11 heavy (non-hydrogen) atoms. The number of halogens is 2. The van der Waals surface area contributed by atoms with E-state index in [1.807, 2.05) is 0 Å². The van der Waals surface area contributed by atoms with Crippen molar-refractivity contribution in [2.24, 2.45) is 0 Å². The van der Waals surface area contributed by atoms with Crippen molar-refractivity contribution >= 4 is 0 Å². The van der Waals surface area contributed by atoms with Crippen LogP contribution in [0.5, 0.6) is 0 Å². The first kappa shape index (κ1) is 8.04. The Morgan fingerprint density at radius 3 is 2.82 bits per heavy atom. The summed E-state index contributed by atoms with van der Waals surface area (Å²) >= 11 is 0. The Hall–Kier alpha value is -1.06. The Morgan fingerprint density at radius 1 is 1.55 bits per heavy atom. The van der Waals surface area contributed by atoms with Crippen molar-refractivity contribution in [3.8, 4) is 0 Å². The lowest BCUT2D eigenvalue weighted by atomic mass is 10.3. The van der Waals surface area contributed by atoms with Gasteiger partial charge in [0.2, 0.25) is 6.43 Å². The zero-order valence-electron chi connectivity index (χ0n) is 6.09. The molecule has 1 aromatic rings. The molecular formula is C7H8F2N2. The van der Waals surface area contributed by atoms with Crippen molar-refractivity contribution < 1.29 is 8.78 Å². The molecular weight excluding hydrogens is 150 g/mol. The number of aromatic nitrogens is 2. The van der Waals surface area contributed by atoms with Gasteiger partial charge in [0.25, 0.3) is 0 Å². The maximum absolute atomic E-state index is 11.8. The van der Waals surface area contributed by atoms with Gasteiger partial charge in [-0.3, -0.25) is 0 Å². The average Bonchev–Trinajstić information content (AvgIpc) is 1.85. The van der Waals surface area contributed by atoms with Crippen LogP contribution >= 0.6 is 0 Å². The van der Waals surface area contributed by atoms with Crippen molar-refractivity contribution in [3.05, 3.63) is 23.8 Å². The minimum atomic E-state index is -2.33. The van der Waals surface area contributed by atoms with Crippen molar-refractivity contribution in [1.82, 2.24) is 9.97 Å². The SMILES string of the molecule is Cc1nccc(CC(F)F)n1. The Kier molecular flexibility index (Phi) is 2.46. The first-order valence-electron chi connectivity index (χ1n) is 3.25. The van der Waals surface area contributed by atoms with Crippen LogP contribution in [0, 0.1) is 6.92 Å². The summed E-state index contributed by atoms with van der Waals surface area (Å²) in [6.45, 7) is 1.68. The largest absolute Gasteiger partial charge is 0.244 e. The number of alkyl halides is 2. The van der Waals surface area contributed by atoms with Gasteiger partial charge in [-0.15, -0.1) is 0 Å². The molecule has 1 rings (SSSR count). The lowest BCUT2D eigenvalue weighted by molar-refractivity contribution is 0.147. The molecule has 0 N–H and O–H groups in total. The van der Waals surface area contributed by atoms with E-state index in [-0.39, 0.29) is 6.42 Å². The highest BCUT2D eigenvalue weighted by atomic mass is 19.3. The molecule has 0 fully saturated rings. The first-order chi connectivity index (χ1) is 5.18. The lowest BCUT2D eigenvalue weighted by Crippen LogP contribution is -2.01. The average molecular weight is 158 g/mol. The monoisotopic (exact) mass is 158 g/mol. The van der Waals surface area contributed by atoms with Crippen LogP contribution in [-0.2, 0) is 6.42 Å². The Labute approximate surface area is 63.3 Å². The lowest BCUT2D eigenvalue weighted by Gasteiger charge is -1.98. The predicted octanol–water partition coefficient (Wildman–Crippen LogP) is 1.59. The van der Waals surface area contributed by atoms with Gasteiger partial charge in [-0.25, -0.2) is 18.7 Å². The molecule has 0 saturated heterocycles. The van der Waals surface area contributed by atoms with Gasteiger partial charge in [-0.1, -0.05) is 0 Å². The molecule has 0 atom stereocenters. The minimum absolute atomic E-state index is 0.288. The van der Waals surface area contributed by atoms with Crippen LogP contribution in [0.3, 0.4) is 0 Å². The van der Waals surface area contributed by atoms with Crippen LogP contribution < -0.4 is 0 Å². The molecule has 0 amide bonds. The molecule has 0 aliphatic heterocycles. The number of rotatable bonds is 2. The van der Waals surface area contributed by atoms with E-state index in [0.29, 0.717) is 11.5 Å². The minimum Gasteiger partial charge on any atom is -0.242 e. The third-order valence-electron chi connectivity index (χ3n) is 1.20. The first-order valence-corrected chi connectivity index (χ1v) is 3.25. The maximum atomic E-state index is 11.8.